The van der Waals surface area contributed by atoms with Crippen LogP contribution in [0.3, 0.4) is 0 Å². The molecule has 0 fully saturated rings. The van der Waals surface area contributed by atoms with Crippen molar-refractivity contribution in [3.63, 3.8) is 0 Å². The maximum Gasteiger partial charge on any atom is 0.294 e. The van der Waals surface area contributed by atoms with Gasteiger partial charge in [-0.3, -0.25) is 9.11 Å². The molecule has 0 bridgehead atoms. The third-order valence-corrected chi connectivity index (χ3v) is 5.02. The maximum atomic E-state index is 11.1. The molecule has 0 radical (unpaired) electrons. The second kappa shape index (κ2) is 4.66. The molecule has 2 aromatic carbocycles. The highest BCUT2D eigenvalue weighted by Gasteiger charge is 2.15. The highest BCUT2D eigenvalue weighted by atomic mass is 127. The first kappa shape index (κ1) is 14.7. The van der Waals surface area contributed by atoms with E-state index in [0.29, 0.717) is 8.96 Å². The Morgan fingerprint density at radius 1 is 0.842 bits per heavy atom. The van der Waals surface area contributed by atoms with E-state index < -0.39 is 20.2 Å². The average molecular weight is 414 g/mol. The fourth-order valence-electron chi connectivity index (χ4n) is 1.58. The van der Waals surface area contributed by atoms with E-state index in [2.05, 4.69) is 0 Å². The van der Waals surface area contributed by atoms with Gasteiger partial charge in [-0.15, -0.1) is 0 Å². The van der Waals surface area contributed by atoms with Crippen LogP contribution in [0, 0.1) is 3.57 Å². The van der Waals surface area contributed by atoms with Crippen LogP contribution in [0.4, 0.5) is 0 Å². The Labute approximate surface area is 123 Å². The molecule has 0 aliphatic heterocycles. The van der Waals surface area contributed by atoms with Gasteiger partial charge < -0.3 is 0 Å². The Kier molecular flexibility index (Phi) is 3.60. The average Bonchev–Trinajstić information content (AvgIpc) is 2.25. The molecule has 0 atom stereocenters. The van der Waals surface area contributed by atoms with Crippen LogP contribution in [0.25, 0.3) is 10.8 Å². The molecule has 0 amide bonds. The lowest BCUT2D eigenvalue weighted by Crippen LogP contribution is -2.00. The van der Waals surface area contributed by atoms with E-state index in [1.165, 1.54) is 18.2 Å². The molecule has 0 heterocycles. The van der Waals surface area contributed by atoms with Gasteiger partial charge in [-0.05, 0) is 57.6 Å². The number of benzene rings is 2. The molecule has 0 aliphatic rings. The molecule has 6 nitrogen and oxygen atoms in total. The summed E-state index contributed by atoms with van der Waals surface area (Å²) in [6.07, 6.45) is 0. The Hall–Kier alpha value is -0.750. The molecule has 102 valence electrons. The van der Waals surface area contributed by atoms with Crippen LogP contribution in [-0.4, -0.2) is 25.9 Å². The van der Waals surface area contributed by atoms with E-state index in [9.17, 15) is 16.8 Å². The van der Waals surface area contributed by atoms with Crippen molar-refractivity contribution in [1.29, 1.82) is 0 Å². The molecule has 9 heteroatoms. The summed E-state index contributed by atoms with van der Waals surface area (Å²) in [6, 6.07) is 6.22. The van der Waals surface area contributed by atoms with Crippen molar-refractivity contribution in [3.8, 4) is 0 Å². The molecule has 0 saturated heterocycles. The van der Waals surface area contributed by atoms with E-state index in [0.717, 1.165) is 12.1 Å². The molecule has 0 unspecified atom stereocenters. The van der Waals surface area contributed by atoms with Crippen LogP contribution in [-0.2, 0) is 20.2 Å². The largest absolute Gasteiger partial charge is 0.294 e. The van der Waals surface area contributed by atoms with Gasteiger partial charge in [0.25, 0.3) is 20.2 Å². The maximum absolute atomic E-state index is 11.1. The van der Waals surface area contributed by atoms with Crippen molar-refractivity contribution < 1.29 is 25.9 Å². The molecule has 2 rings (SSSR count). The van der Waals surface area contributed by atoms with E-state index in [4.69, 9.17) is 9.11 Å². The van der Waals surface area contributed by atoms with Crippen LogP contribution in [0.15, 0.2) is 40.1 Å². The van der Waals surface area contributed by atoms with Crippen molar-refractivity contribution in [3.05, 3.63) is 33.9 Å². The second-order valence-corrected chi connectivity index (χ2v) is 7.74. The highest BCUT2D eigenvalue weighted by molar-refractivity contribution is 14.1. The van der Waals surface area contributed by atoms with Crippen molar-refractivity contribution in [2.75, 3.05) is 0 Å². The molecule has 2 N–H and O–H groups in total. The summed E-state index contributed by atoms with van der Waals surface area (Å²) in [4.78, 5) is -0.680. The Morgan fingerprint density at radius 2 is 1.37 bits per heavy atom. The number of hydrogen-bond acceptors (Lipinski definition) is 4. The first-order chi connectivity index (χ1) is 8.59. The summed E-state index contributed by atoms with van der Waals surface area (Å²) in [7, 11) is -8.75. The third-order valence-electron chi connectivity index (χ3n) is 2.44. The predicted octanol–water partition coefficient (Wildman–Crippen LogP) is 1.94. The summed E-state index contributed by atoms with van der Waals surface area (Å²) in [5.41, 5.74) is 0. The van der Waals surface area contributed by atoms with Gasteiger partial charge in [-0.2, -0.15) is 16.8 Å². The van der Waals surface area contributed by atoms with Crippen molar-refractivity contribution in [1.82, 2.24) is 0 Å². The SMILES string of the molecule is O=S(=O)(O)c1ccc2c(I)cc(S(=O)(=O)O)cc2c1. The van der Waals surface area contributed by atoms with Crippen LogP contribution in [0.5, 0.6) is 0 Å². The Morgan fingerprint density at radius 3 is 1.89 bits per heavy atom. The van der Waals surface area contributed by atoms with Crippen LogP contribution in [0.1, 0.15) is 0 Å². The normalized spacial score (nSPS) is 12.8. The lowest BCUT2D eigenvalue weighted by Gasteiger charge is -2.05. The van der Waals surface area contributed by atoms with Crippen molar-refractivity contribution in [2.45, 2.75) is 9.79 Å². The first-order valence-electron chi connectivity index (χ1n) is 4.77. The number of halogens is 1. The standard InChI is InChI=1S/C10H7IO6S2/c11-10-5-8(19(15,16)17)4-6-3-7(18(12,13)14)1-2-9(6)10/h1-5H,(H,12,13,14)(H,15,16,17). The monoisotopic (exact) mass is 414 g/mol. The van der Waals surface area contributed by atoms with E-state index in [1.54, 1.807) is 0 Å². The minimum absolute atomic E-state index is 0.287. The van der Waals surface area contributed by atoms with Crippen LogP contribution >= 0.6 is 22.6 Å². The van der Waals surface area contributed by atoms with E-state index in [-0.39, 0.29) is 15.2 Å². The number of hydrogen-bond donors (Lipinski definition) is 2. The summed E-state index contributed by atoms with van der Waals surface area (Å²) in [5.74, 6) is 0. The van der Waals surface area contributed by atoms with Gasteiger partial charge in [0.1, 0.15) is 0 Å². The van der Waals surface area contributed by atoms with Gasteiger partial charge in [0.2, 0.25) is 0 Å². The lowest BCUT2D eigenvalue weighted by molar-refractivity contribution is 0.481. The molecule has 0 aromatic heterocycles. The smallest absolute Gasteiger partial charge is 0.282 e. The Bertz CT molecular complexity index is 865. The fraction of sp³-hybridized carbons (Fsp3) is 0. The lowest BCUT2D eigenvalue weighted by atomic mass is 10.1. The summed E-state index contributed by atoms with van der Waals surface area (Å²) in [5, 5.41) is 0.898. The summed E-state index contributed by atoms with van der Waals surface area (Å²) < 4.78 is 62.7. The molecule has 19 heavy (non-hydrogen) atoms. The van der Waals surface area contributed by atoms with Gasteiger partial charge in [-0.1, -0.05) is 6.07 Å². The minimum atomic E-state index is -4.38. The summed E-state index contributed by atoms with van der Waals surface area (Å²) in [6.45, 7) is 0. The predicted molar refractivity (Wildman–Crippen MR) is 76.3 cm³/mol. The Balaban J connectivity index is 2.85. The number of rotatable bonds is 2. The van der Waals surface area contributed by atoms with Crippen molar-refractivity contribution in [2.24, 2.45) is 0 Å². The zero-order chi connectivity index (χ0) is 14.4. The fourth-order valence-corrected chi connectivity index (χ4v) is 3.68. The van der Waals surface area contributed by atoms with Gasteiger partial charge in [0.05, 0.1) is 9.79 Å². The molecule has 0 aliphatic carbocycles. The van der Waals surface area contributed by atoms with Crippen LogP contribution < -0.4 is 0 Å². The van der Waals surface area contributed by atoms with Crippen LogP contribution in [0.2, 0.25) is 0 Å². The quantitative estimate of drug-likeness (QED) is 0.575. The highest BCUT2D eigenvalue weighted by Crippen LogP contribution is 2.27. The number of fused-ring (bicyclic) bond motifs is 1. The first-order valence-corrected chi connectivity index (χ1v) is 8.73. The topological polar surface area (TPSA) is 109 Å². The molecular formula is C10H7IO6S2. The third kappa shape index (κ3) is 3.05. The zero-order valence-corrected chi connectivity index (χ0v) is 12.9. The van der Waals surface area contributed by atoms with Gasteiger partial charge >= 0.3 is 0 Å². The van der Waals surface area contributed by atoms with Gasteiger partial charge in [0, 0.05) is 3.57 Å². The zero-order valence-electron chi connectivity index (χ0n) is 9.11. The van der Waals surface area contributed by atoms with Crippen molar-refractivity contribution >= 4 is 53.6 Å². The van der Waals surface area contributed by atoms with E-state index >= 15 is 0 Å². The second-order valence-electron chi connectivity index (χ2n) is 3.74. The van der Waals surface area contributed by atoms with Gasteiger partial charge in [-0.25, -0.2) is 0 Å². The van der Waals surface area contributed by atoms with Gasteiger partial charge in [0.15, 0.2) is 0 Å². The molecule has 0 saturated carbocycles. The molecule has 2 aromatic rings. The van der Waals surface area contributed by atoms with E-state index in [1.807, 2.05) is 22.6 Å². The summed E-state index contributed by atoms with van der Waals surface area (Å²) >= 11 is 1.87. The molecular weight excluding hydrogens is 407 g/mol. The minimum Gasteiger partial charge on any atom is -0.282 e. The molecule has 0 spiro atoms.